The second kappa shape index (κ2) is 10.2. The van der Waals surface area contributed by atoms with Gasteiger partial charge in [-0.15, -0.1) is 0 Å². The summed E-state index contributed by atoms with van der Waals surface area (Å²) in [6.07, 6.45) is 5.79. The Morgan fingerprint density at radius 3 is 2.28 bits per heavy atom. The van der Waals surface area contributed by atoms with Crippen molar-refractivity contribution >= 4 is 47.7 Å². The number of carbonyl (C=O) groups is 3. The zero-order valence-corrected chi connectivity index (χ0v) is 15.1. The number of hydrogen-bond acceptors (Lipinski definition) is 5. The highest BCUT2D eigenvalue weighted by molar-refractivity contribution is 6.05. The summed E-state index contributed by atoms with van der Waals surface area (Å²) in [7, 11) is 0. The first-order chi connectivity index (χ1) is 13.9. The molecule has 0 saturated heterocycles. The topological polar surface area (TPSA) is 154 Å². The molecule has 0 radical (unpaired) electrons. The summed E-state index contributed by atoms with van der Waals surface area (Å²) >= 11 is 0. The van der Waals surface area contributed by atoms with Gasteiger partial charge in [0.05, 0.1) is 5.69 Å². The monoisotopic (exact) mass is 394 g/mol. The minimum Gasteiger partial charge on any atom is -0.478 e. The van der Waals surface area contributed by atoms with Crippen molar-refractivity contribution in [3.63, 3.8) is 0 Å². The van der Waals surface area contributed by atoms with Crippen LogP contribution in [-0.2, 0) is 9.59 Å². The summed E-state index contributed by atoms with van der Waals surface area (Å²) in [6, 6.07) is 11.2. The van der Waals surface area contributed by atoms with Crippen molar-refractivity contribution in [3.8, 4) is 0 Å². The number of nitrogens with zero attached hydrogens (tertiary/aromatic N) is 1. The van der Waals surface area contributed by atoms with E-state index < -0.39 is 17.8 Å². The lowest BCUT2D eigenvalue weighted by Crippen LogP contribution is -2.18. The summed E-state index contributed by atoms with van der Waals surface area (Å²) in [6.45, 7) is 0. The predicted octanol–water partition coefficient (Wildman–Crippen LogP) is 2.26. The molecule has 0 atom stereocenters. The first-order valence-electron chi connectivity index (χ1n) is 8.25. The Kier molecular flexibility index (Phi) is 7.40. The van der Waals surface area contributed by atoms with Gasteiger partial charge in [0.25, 0.3) is 5.91 Å². The molecule has 0 aliphatic rings. The number of aliphatic imine (C=N–C) groups is 1. The van der Waals surface area contributed by atoms with Gasteiger partial charge in [-0.2, -0.15) is 0 Å². The number of benzene rings is 2. The molecule has 0 fully saturated rings. The van der Waals surface area contributed by atoms with Crippen molar-refractivity contribution in [1.82, 2.24) is 5.43 Å². The van der Waals surface area contributed by atoms with Crippen molar-refractivity contribution in [3.05, 3.63) is 71.3 Å². The van der Waals surface area contributed by atoms with E-state index in [1.807, 2.05) is 0 Å². The number of nitrogens with two attached hydrogens (primary N) is 1. The Labute approximate surface area is 165 Å². The van der Waals surface area contributed by atoms with E-state index in [1.54, 1.807) is 42.5 Å². The lowest BCUT2D eigenvalue weighted by atomic mass is 10.0. The largest absolute Gasteiger partial charge is 0.478 e. The van der Waals surface area contributed by atoms with E-state index in [4.69, 9.17) is 16.1 Å². The zero-order chi connectivity index (χ0) is 21.2. The van der Waals surface area contributed by atoms with E-state index in [9.17, 15) is 14.4 Å². The maximum Gasteiger partial charge on any atom is 0.328 e. The molecule has 9 heteroatoms. The fourth-order valence-electron chi connectivity index (χ4n) is 2.31. The third-order valence-electron chi connectivity index (χ3n) is 3.55. The van der Waals surface area contributed by atoms with E-state index >= 15 is 0 Å². The lowest BCUT2D eigenvalue weighted by molar-refractivity contribution is -0.132. The molecule has 2 aromatic carbocycles. The van der Waals surface area contributed by atoms with E-state index in [0.29, 0.717) is 28.1 Å². The SMILES string of the molecule is NNC=Nc1cccc(C(=O)Nc2ccc(C=CC(=O)O)c(C=CC(=O)O)c2)c1. The summed E-state index contributed by atoms with van der Waals surface area (Å²) < 4.78 is 0. The standard InChI is InChI=1S/C20H18N4O5/c21-23-12-22-16-3-1-2-15(11-16)20(29)24-17-7-4-13(5-8-18(25)26)14(10-17)6-9-19(27)28/h1-12H,21H2,(H,22,23)(H,24,29)(H,25,26)(H,27,28). The maximum absolute atomic E-state index is 12.5. The van der Waals surface area contributed by atoms with Crippen LogP contribution in [0.4, 0.5) is 11.4 Å². The van der Waals surface area contributed by atoms with Gasteiger partial charge in [-0.05, 0) is 53.6 Å². The zero-order valence-electron chi connectivity index (χ0n) is 15.1. The van der Waals surface area contributed by atoms with Gasteiger partial charge in [-0.1, -0.05) is 12.1 Å². The normalized spacial score (nSPS) is 11.2. The molecule has 2 aromatic rings. The Morgan fingerprint density at radius 2 is 1.62 bits per heavy atom. The van der Waals surface area contributed by atoms with E-state index in [-0.39, 0.29) is 0 Å². The van der Waals surface area contributed by atoms with Crippen LogP contribution in [0, 0.1) is 0 Å². The molecule has 0 aromatic heterocycles. The Bertz CT molecular complexity index is 1010. The second-order valence-corrected chi connectivity index (χ2v) is 5.62. The molecule has 2 rings (SSSR count). The highest BCUT2D eigenvalue weighted by atomic mass is 16.4. The van der Waals surface area contributed by atoms with Gasteiger partial charge in [0, 0.05) is 23.4 Å². The van der Waals surface area contributed by atoms with Gasteiger partial charge in [0.1, 0.15) is 6.34 Å². The molecular weight excluding hydrogens is 376 g/mol. The number of hydrazine groups is 1. The van der Waals surface area contributed by atoms with Crippen LogP contribution in [0.3, 0.4) is 0 Å². The number of hydrogen-bond donors (Lipinski definition) is 5. The van der Waals surface area contributed by atoms with Crippen molar-refractivity contribution in [2.75, 3.05) is 5.32 Å². The smallest absolute Gasteiger partial charge is 0.328 e. The first-order valence-corrected chi connectivity index (χ1v) is 8.25. The molecule has 0 heterocycles. The fourth-order valence-corrected chi connectivity index (χ4v) is 2.31. The second-order valence-electron chi connectivity index (χ2n) is 5.62. The first kappa shape index (κ1) is 21.1. The molecular formula is C20H18N4O5. The van der Waals surface area contributed by atoms with Gasteiger partial charge in [-0.25, -0.2) is 20.4 Å². The number of carbonyl (C=O) groups excluding carboxylic acids is 1. The molecule has 0 aliphatic heterocycles. The van der Waals surface area contributed by atoms with Gasteiger partial charge >= 0.3 is 11.9 Å². The molecule has 148 valence electrons. The van der Waals surface area contributed by atoms with Gasteiger partial charge in [-0.3, -0.25) is 4.79 Å². The lowest BCUT2D eigenvalue weighted by Gasteiger charge is -2.09. The Morgan fingerprint density at radius 1 is 0.931 bits per heavy atom. The van der Waals surface area contributed by atoms with Crippen molar-refractivity contribution in [2.24, 2.45) is 10.8 Å². The minimum absolute atomic E-state index is 0.356. The average molecular weight is 394 g/mol. The third kappa shape index (κ3) is 6.77. The van der Waals surface area contributed by atoms with Crippen LogP contribution < -0.4 is 16.6 Å². The maximum atomic E-state index is 12.5. The van der Waals surface area contributed by atoms with Crippen LogP contribution in [0.15, 0.2) is 59.6 Å². The molecule has 0 saturated carbocycles. The fraction of sp³-hybridized carbons (Fsp3) is 0. The number of carboxylic acids is 2. The molecule has 1 amide bonds. The highest BCUT2D eigenvalue weighted by Gasteiger charge is 2.08. The van der Waals surface area contributed by atoms with Crippen LogP contribution in [-0.4, -0.2) is 34.4 Å². The number of amides is 1. The average Bonchev–Trinajstić information content (AvgIpc) is 2.70. The molecule has 29 heavy (non-hydrogen) atoms. The van der Waals surface area contributed by atoms with Crippen LogP contribution >= 0.6 is 0 Å². The van der Waals surface area contributed by atoms with Crippen LogP contribution in [0.5, 0.6) is 0 Å². The quantitative estimate of drug-likeness (QED) is 0.151. The van der Waals surface area contributed by atoms with Crippen molar-refractivity contribution in [1.29, 1.82) is 0 Å². The van der Waals surface area contributed by atoms with Gasteiger partial charge < -0.3 is 21.0 Å². The van der Waals surface area contributed by atoms with E-state index in [2.05, 4.69) is 15.7 Å². The molecule has 0 bridgehead atoms. The van der Waals surface area contributed by atoms with Crippen LogP contribution in [0.1, 0.15) is 21.5 Å². The van der Waals surface area contributed by atoms with Crippen molar-refractivity contribution in [2.45, 2.75) is 0 Å². The Balaban J connectivity index is 2.29. The van der Waals surface area contributed by atoms with Crippen LogP contribution in [0.25, 0.3) is 12.2 Å². The third-order valence-corrected chi connectivity index (χ3v) is 3.55. The van der Waals surface area contributed by atoms with Gasteiger partial charge in [0.15, 0.2) is 0 Å². The minimum atomic E-state index is -1.16. The van der Waals surface area contributed by atoms with Crippen molar-refractivity contribution < 1.29 is 24.6 Å². The molecule has 0 aliphatic carbocycles. The van der Waals surface area contributed by atoms with E-state index in [0.717, 1.165) is 12.2 Å². The Hall–Kier alpha value is -4.24. The highest BCUT2D eigenvalue weighted by Crippen LogP contribution is 2.21. The van der Waals surface area contributed by atoms with Crippen LogP contribution in [0.2, 0.25) is 0 Å². The predicted molar refractivity (Wildman–Crippen MR) is 110 cm³/mol. The summed E-state index contributed by atoms with van der Waals surface area (Å²) in [4.78, 5) is 38.1. The number of anilines is 1. The molecule has 6 N–H and O–H groups in total. The number of rotatable bonds is 8. The summed E-state index contributed by atoms with van der Waals surface area (Å²) in [5, 5.41) is 20.3. The summed E-state index contributed by atoms with van der Waals surface area (Å²) in [5.74, 6) is 2.44. The molecule has 9 nitrogen and oxygen atoms in total. The molecule has 0 unspecified atom stereocenters. The number of carboxylic acid groups (broad SMARTS) is 2. The number of aliphatic carboxylic acids is 2. The number of nitrogens with one attached hydrogen (secondary N) is 2. The molecule has 0 spiro atoms. The van der Waals surface area contributed by atoms with Gasteiger partial charge in [0.2, 0.25) is 0 Å². The summed E-state index contributed by atoms with van der Waals surface area (Å²) in [5.41, 5.74) is 4.46. The van der Waals surface area contributed by atoms with E-state index in [1.165, 1.54) is 18.5 Å².